The highest BCUT2D eigenvalue weighted by atomic mass is 32.1. The normalized spacial score (nSPS) is 14.0. The molecule has 27 heavy (non-hydrogen) atoms. The van der Waals surface area contributed by atoms with E-state index in [-0.39, 0.29) is 11.8 Å². The molecule has 7 heteroatoms. The molecule has 0 aliphatic heterocycles. The molecule has 0 aromatic carbocycles. The van der Waals surface area contributed by atoms with E-state index < -0.39 is 23.8 Å². The summed E-state index contributed by atoms with van der Waals surface area (Å²) in [7, 11) is 0. The van der Waals surface area contributed by atoms with E-state index in [1.54, 1.807) is 37.8 Å². The second kappa shape index (κ2) is 10.1. The summed E-state index contributed by atoms with van der Waals surface area (Å²) in [6, 6.07) is 3.01. The Morgan fingerprint density at radius 1 is 1.22 bits per heavy atom. The van der Waals surface area contributed by atoms with Gasteiger partial charge in [-0.1, -0.05) is 13.8 Å². The minimum atomic E-state index is -0.900. The van der Waals surface area contributed by atoms with Gasteiger partial charge in [0.25, 0.3) is 5.91 Å². The van der Waals surface area contributed by atoms with Crippen LogP contribution < -0.4 is 5.32 Å². The Bertz CT molecular complexity index is 618. The minimum absolute atomic E-state index is 0.0380. The van der Waals surface area contributed by atoms with E-state index in [2.05, 4.69) is 5.32 Å². The Balaban J connectivity index is 2.94. The lowest BCUT2D eigenvalue weighted by Gasteiger charge is -2.27. The van der Waals surface area contributed by atoms with Crippen molar-refractivity contribution in [1.82, 2.24) is 10.2 Å². The lowest BCUT2D eigenvalue weighted by atomic mass is 9.98. The van der Waals surface area contributed by atoms with E-state index in [1.165, 1.54) is 11.3 Å². The predicted octanol–water partition coefficient (Wildman–Crippen LogP) is 4.20. The minimum Gasteiger partial charge on any atom is -0.444 e. The lowest BCUT2D eigenvalue weighted by Crippen LogP contribution is -2.42. The molecule has 2 N–H and O–H groups in total. The number of nitrogens with zero attached hydrogens (tertiary/aromatic N) is 1. The molecule has 1 rings (SSSR count). The third-order valence-electron chi connectivity index (χ3n) is 3.99. The van der Waals surface area contributed by atoms with Crippen LogP contribution in [0.2, 0.25) is 0 Å². The van der Waals surface area contributed by atoms with Gasteiger partial charge in [-0.05, 0) is 59.1 Å². The number of carbonyl (C=O) groups excluding carboxylic acids is 2. The number of thiophene rings is 1. The van der Waals surface area contributed by atoms with Crippen LogP contribution in [0, 0.1) is 5.92 Å². The first-order valence-corrected chi connectivity index (χ1v) is 10.4. The second-order valence-electron chi connectivity index (χ2n) is 8.01. The zero-order valence-corrected chi connectivity index (χ0v) is 18.4. The molecule has 0 spiro atoms. The van der Waals surface area contributed by atoms with E-state index >= 15 is 0 Å². The van der Waals surface area contributed by atoms with Gasteiger partial charge < -0.3 is 20.1 Å². The van der Waals surface area contributed by atoms with E-state index in [1.807, 2.05) is 27.7 Å². The van der Waals surface area contributed by atoms with Crippen LogP contribution >= 0.6 is 11.3 Å². The first kappa shape index (κ1) is 23.4. The zero-order chi connectivity index (χ0) is 20.8. The molecule has 0 saturated carbocycles. The zero-order valence-electron chi connectivity index (χ0n) is 17.5. The summed E-state index contributed by atoms with van der Waals surface area (Å²) < 4.78 is 5.32. The van der Waals surface area contributed by atoms with E-state index in [4.69, 9.17) is 4.74 Å². The molecule has 2 amide bonds. The third-order valence-corrected chi connectivity index (χ3v) is 5.13. The standard InChI is InChI=1S/C20H34N2O4S/c1-8-22(9-2)18(24)16-11-10-15(27-16)17(23)14(12-13(3)4)21-19(25)26-20(5,6)7/h10-11,13-14,17,23H,8-9,12H2,1-7H3,(H,21,25)/t14-,17+/m0/s1. The highest BCUT2D eigenvalue weighted by Gasteiger charge is 2.28. The SMILES string of the molecule is CCN(CC)C(=O)c1ccc([C@H](O)[C@H](CC(C)C)NC(=O)OC(C)(C)C)s1. The van der Waals surface area contributed by atoms with Gasteiger partial charge in [0.05, 0.1) is 10.9 Å². The molecular formula is C20H34N2O4S. The number of hydrogen-bond acceptors (Lipinski definition) is 5. The van der Waals surface area contributed by atoms with Crippen molar-refractivity contribution in [2.75, 3.05) is 13.1 Å². The number of hydrogen-bond donors (Lipinski definition) is 2. The largest absolute Gasteiger partial charge is 0.444 e. The molecule has 0 aliphatic carbocycles. The van der Waals surface area contributed by atoms with Crippen molar-refractivity contribution < 1.29 is 19.4 Å². The molecule has 6 nitrogen and oxygen atoms in total. The van der Waals surface area contributed by atoms with Crippen LogP contribution in [0.5, 0.6) is 0 Å². The number of amides is 2. The molecule has 154 valence electrons. The van der Waals surface area contributed by atoms with Gasteiger partial charge in [-0.3, -0.25) is 4.79 Å². The topological polar surface area (TPSA) is 78.9 Å². The second-order valence-corrected chi connectivity index (χ2v) is 9.12. The molecule has 0 fully saturated rings. The first-order valence-electron chi connectivity index (χ1n) is 9.55. The van der Waals surface area contributed by atoms with Crippen LogP contribution in [-0.4, -0.2) is 46.7 Å². The molecule has 0 bridgehead atoms. The smallest absolute Gasteiger partial charge is 0.407 e. The van der Waals surface area contributed by atoms with Crippen molar-refractivity contribution in [2.45, 2.75) is 72.6 Å². The summed E-state index contributed by atoms with van der Waals surface area (Å²) in [5.74, 6) is 0.236. The molecule has 0 unspecified atom stereocenters. The summed E-state index contributed by atoms with van der Waals surface area (Å²) in [5.41, 5.74) is -0.607. The Labute approximate surface area is 166 Å². The maximum Gasteiger partial charge on any atom is 0.407 e. The van der Waals surface area contributed by atoms with Crippen LogP contribution in [0.3, 0.4) is 0 Å². The molecule has 2 atom stereocenters. The fourth-order valence-corrected chi connectivity index (χ4v) is 3.75. The van der Waals surface area contributed by atoms with Crippen molar-refractivity contribution in [1.29, 1.82) is 0 Å². The molecule has 0 saturated heterocycles. The van der Waals surface area contributed by atoms with Crippen molar-refractivity contribution in [3.63, 3.8) is 0 Å². The van der Waals surface area contributed by atoms with Gasteiger partial charge >= 0.3 is 6.09 Å². The van der Waals surface area contributed by atoms with Crippen molar-refractivity contribution in [2.24, 2.45) is 5.92 Å². The average molecular weight is 399 g/mol. The van der Waals surface area contributed by atoms with Crippen LogP contribution in [-0.2, 0) is 4.74 Å². The molecule has 1 heterocycles. The van der Waals surface area contributed by atoms with Gasteiger partial charge in [0.1, 0.15) is 11.7 Å². The number of carbonyl (C=O) groups is 2. The first-order chi connectivity index (χ1) is 12.5. The van der Waals surface area contributed by atoms with Gasteiger partial charge in [-0.2, -0.15) is 0 Å². The fraction of sp³-hybridized carbons (Fsp3) is 0.700. The maximum absolute atomic E-state index is 12.5. The summed E-state index contributed by atoms with van der Waals surface area (Å²) >= 11 is 1.27. The number of rotatable bonds is 8. The predicted molar refractivity (Wildman–Crippen MR) is 109 cm³/mol. The van der Waals surface area contributed by atoms with Crippen LogP contribution in [0.4, 0.5) is 4.79 Å². The monoisotopic (exact) mass is 398 g/mol. The number of ether oxygens (including phenoxy) is 1. The van der Waals surface area contributed by atoms with Crippen LogP contribution in [0.15, 0.2) is 12.1 Å². The Hall–Kier alpha value is -1.60. The van der Waals surface area contributed by atoms with E-state index in [0.29, 0.717) is 29.3 Å². The molecule has 0 radical (unpaired) electrons. The van der Waals surface area contributed by atoms with Gasteiger partial charge in [0.2, 0.25) is 0 Å². The van der Waals surface area contributed by atoms with Crippen LogP contribution in [0.25, 0.3) is 0 Å². The number of alkyl carbamates (subject to hydrolysis) is 1. The van der Waals surface area contributed by atoms with Gasteiger partial charge in [-0.25, -0.2) is 4.79 Å². The van der Waals surface area contributed by atoms with Crippen molar-refractivity contribution in [3.8, 4) is 0 Å². The number of nitrogens with one attached hydrogen (secondary N) is 1. The van der Waals surface area contributed by atoms with Crippen LogP contribution in [0.1, 0.15) is 75.5 Å². The highest BCUT2D eigenvalue weighted by molar-refractivity contribution is 7.14. The van der Waals surface area contributed by atoms with Gasteiger partial charge in [-0.15, -0.1) is 11.3 Å². The summed E-state index contributed by atoms with van der Waals surface area (Å²) in [4.78, 5) is 27.6. The quantitative estimate of drug-likeness (QED) is 0.688. The summed E-state index contributed by atoms with van der Waals surface area (Å²) in [5, 5.41) is 13.6. The molecule has 0 aliphatic rings. The van der Waals surface area contributed by atoms with Gasteiger partial charge in [0.15, 0.2) is 0 Å². The maximum atomic E-state index is 12.5. The highest BCUT2D eigenvalue weighted by Crippen LogP contribution is 2.29. The fourth-order valence-electron chi connectivity index (χ4n) is 2.73. The van der Waals surface area contributed by atoms with E-state index in [0.717, 1.165) is 0 Å². The average Bonchev–Trinajstić information content (AvgIpc) is 3.02. The van der Waals surface area contributed by atoms with E-state index in [9.17, 15) is 14.7 Å². The number of aliphatic hydroxyl groups is 1. The van der Waals surface area contributed by atoms with Crippen molar-refractivity contribution in [3.05, 3.63) is 21.9 Å². The lowest BCUT2D eigenvalue weighted by molar-refractivity contribution is 0.0406. The molecule has 1 aromatic heterocycles. The van der Waals surface area contributed by atoms with Crippen molar-refractivity contribution >= 4 is 23.3 Å². The summed E-state index contributed by atoms with van der Waals surface area (Å²) in [6.07, 6.45) is -0.858. The molecular weight excluding hydrogens is 364 g/mol. The Morgan fingerprint density at radius 3 is 2.30 bits per heavy atom. The van der Waals surface area contributed by atoms with Gasteiger partial charge in [0, 0.05) is 18.0 Å². The number of aliphatic hydroxyl groups excluding tert-OH is 1. The Kier molecular flexibility index (Phi) is 8.75. The summed E-state index contributed by atoms with van der Waals surface area (Å²) in [6.45, 7) is 14.6. The molecule has 1 aromatic rings. The third kappa shape index (κ3) is 7.50. The Morgan fingerprint density at radius 2 is 1.81 bits per heavy atom.